The van der Waals surface area contributed by atoms with E-state index >= 15 is 0 Å². The van der Waals surface area contributed by atoms with Crippen LogP contribution in [-0.4, -0.2) is 0 Å². The summed E-state index contributed by atoms with van der Waals surface area (Å²) < 4.78 is 0. The first-order valence-corrected chi connectivity index (χ1v) is 4.79. The Morgan fingerprint density at radius 3 is 3.09 bits per heavy atom. The Morgan fingerprint density at radius 2 is 2.27 bits per heavy atom. The molecule has 0 aromatic carbocycles. The molecule has 0 aromatic rings. The van der Waals surface area contributed by atoms with Gasteiger partial charge >= 0.3 is 0 Å². The largest absolute Gasteiger partial charge is 0.0845 e. The number of allylic oxidation sites excluding steroid dienone is 4. The minimum absolute atomic E-state index is 1.16. The lowest BCUT2D eigenvalue weighted by molar-refractivity contribution is 0.713. The van der Waals surface area contributed by atoms with Crippen LogP contribution >= 0.6 is 0 Å². The SMILES string of the molecule is CCC=CC1=CCCCCC1. The van der Waals surface area contributed by atoms with Crippen molar-refractivity contribution in [3.8, 4) is 0 Å². The van der Waals surface area contributed by atoms with E-state index in [0.717, 1.165) is 6.42 Å². The van der Waals surface area contributed by atoms with E-state index in [9.17, 15) is 0 Å². The summed E-state index contributed by atoms with van der Waals surface area (Å²) in [5, 5.41) is 0. The molecule has 0 saturated carbocycles. The summed E-state index contributed by atoms with van der Waals surface area (Å²) in [6.07, 6.45) is 14.9. The van der Waals surface area contributed by atoms with Crippen LogP contribution in [0.15, 0.2) is 23.8 Å². The Hall–Kier alpha value is -0.520. The van der Waals surface area contributed by atoms with Crippen molar-refractivity contribution in [2.75, 3.05) is 0 Å². The summed E-state index contributed by atoms with van der Waals surface area (Å²) in [5.41, 5.74) is 1.56. The molecule has 0 saturated heterocycles. The molecule has 0 heterocycles. The molecule has 62 valence electrons. The summed E-state index contributed by atoms with van der Waals surface area (Å²) >= 11 is 0. The molecule has 0 heteroatoms. The molecule has 0 atom stereocenters. The predicted octanol–water partition coefficient (Wildman–Crippen LogP) is 3.84. The summed E-state index contributed by atoms with van der Waals surface area (Å²) in [4.78, 5) is 0. The highest BCUT2D eigenvalue weighted by molar-refractivity contribution is 5.19. The zero-order chi connectivity index (χ0) is 7.94. The molecule has 0 amide bonds. The smallest absolute Gasteiger partial charge is 0.0282 e. The molecule has 0 aromatic heterocycles. The second-order valence-electron chi connectivity index (χ2n) is 3.19. The first-order valence-electron chi connectivity index (χ1n) is 4.79. The highest BCUT2D eigenvalue weighted by atomic mass is 14.0. The van der Waals surface area contributed by atoms with Crippen LogP contribution in [0.25, 0.3) is 0 Å². The summed E-state index contributed by atoms with van der Waals surface area (Å²) in [7, 11) is 0. The van der Waals surface area contributed by atoms with E-state index in [0.29, 0.717) is 0 Å². The van der Waals surface area contributed by atoms with Crippen LogP contribution in [0.4, 0.5) is 0 Å². The quantitative estimate of drug-likeness (QED) is 0.561. The van der Waals surface area contributed by atoms with Crippen LogP contribution in [0, 0.1) is 0 Å². The van der Waals surface area contributed by atoms with Crippen LogP contribution < -0.4 is 0 Å². The Balaban J connectivity index is 2.40. The van der Waals surface area contributed by atoms with E-state index < -0.39 is 0 Å². The van der Waals surface area contributed by atoms with Gasteiger partial charge in [-0.25, -0.2) is 0 Å². The number of hydrogen-bond acceptors (Lipinski definition) is 0. The lowest BCUT2D eigenvalue weighted by Gasteiger charge is -1.95. The van der Waals surface area contributed by atoms with E-state index in [1.165, 1.54) is 32.1 Å². The van der Waals surface area contributed by atoms with Crippen molar-refractivity contribution in [1.29, 1.82) is 0 Å². The average molecular weight is 150 g/mol. The Morgan fingerprint density at radius 1 is 1.36 bits per heavy atom. The molecule has 1 aliphatic rings. The number of rotatable bonds is 2. The molecular weight excluding hydrogens is 132 g/mol. The first-order chi connectivity index (χ1) is 5.43. The standard InChI is InChI=1S/C11H18/c1-2-3-8-11-9-6-4-5-7-10-11/h3,8-9H,2,4-7,10H2,1H3. The first kappa shape index (κ1) is 8.58. The van der Waals surface area contributed by atoms with Crippen LogP contribution in [0.5, 0.6) is 0 Å². The van der Waals surface area contributed by atoms with Crippen LogP contribution in [0.3, 0.4) is 0 Å². The molecule has 0 bridgehead atoms. The normalized spacial score (nSPS) is 19.9. The van der Waals surface area contributed by atoms with Gasteiger partial charge in [0.05, 0.1) is 0 Å². The number of hydrogen-bond donors (Lipinski definition) is 0. The Bertz CT molecular complexity index is 151. The van der Waals surface area contributed by atoms with Crippen LogP contribution in [-0.2, 0) is 0 Å². The van der Waals surface area contributed by atoms with Crippen molar-refractivity contribution in [3.05, 3.63) is 23.8 Å². The highest BCUT2D eigenvalue weighted by Crippen LogP contribution is 2.17. The van der Waals surface area contributed by atoms with E-state index in [1.807, 2.05) is 0 Å². The van der Waals surface area contributed by atoms with E-state index in [2.05, 4.69) is 25.2 Å². The van der Waals surface area contributed by atoms with E-state index in [1.54, 1.807) is 5.57 Å². The zero-order valence-electron chi connectivity index (χ0n) is 7.47. The molecule has 0 fully saturated rings. The summed E-state index contributed by atoms with van der Waals surface area (Å²) in [5.74, 6) is 0. The maximum Gasteiger partial charge on any atom is -0.0282 e. The third-order valence-corrected chi connectivity index (χ3v) is 2.14. The van der Waals surface area contributed by atoms with Crippen LogP contribution in [0.2, 0.25) is 0 Å². The van der Waals surface area contributed by atoms with Gasteiger partial charge in [0.25, 0.3) is 0 Å². The van der Waals surface area contributed by atoms with Crippen molar-refractivity contribution in [1.82, 2.24) is 0 Å². The lowest BCUT2D eigenvalue weighted by Crippen LogP contribution is -1.75. The molecular formula is C11H18. The minimum atomic E-state index is 1.16. The fraction of sp³-hybridized carbons (Fsp3) is 0.636. The van der Waals surface area contributed by atoms with E-state index in [4.69, 9.17) is 0 Å². The van der Waals surface area contributed by atoms with E-state index in [-0.39, 0.29) is 0 Å². The van der Waals surface area contributed by atoms with Crippen molar-refractivity contribution in [2.24, 2.45) is 0 Å². The topological polar surface area (TPSA) is 0 Å². The Labute approximate surface area is 70.0 Å². The fourth-order valence-electron chi connectivity index (χ4n) is 1.46. The minimum Gasteiger partial charge on any atom is -0.0845 e. The molecule has 1 aliphatic carbocycles. The predicted molar refractivity (Wildman–Crippen MR) is 50.6 cm³/mol. The summed E-state index contributed by atoms with van der Waals surface area (Å²) in [6.45, 7) is 2.19. The average Bonchev–Trinajstić information content (AvgIpc) is 2.28. The zero-order valence-corrected chi connectivity index (χ0v) is 7.47. The third-order valence-electron chi connectivity index (χ3n) is 2.14. The van der Waals surface area contributed by atoms with Gasteiger partial charge in [0.2, 0.25) is 0 Å². The van der Waals surface area contributed by atoms with Gasteiger partial charge in [-0.05, 0) is 32.1 Å². The molecule has 11 heavy (non-hydrogen) atoms. The Kier molecular flexibility index (Phi) is 4.03. The fourth-order valence-corrected chi connectivity index (χ4v) is 1.46. The second kappa shape index (κ2) is 5.17. The molecule has 0 N–H and O–H groups in total. The van der Waals surface area contributed by atoms with Gasteiger partial charge in [-0.3, -0.25) is 0 Å². The van der Waals surface area contributed by atoms with Gasteiger partial charge in [0.1, 0.15) is 0 Å². The van der Waals surface area contributed by atoms with Gasteiger partial charge in [-0.2, -0.15) is 0 Å². The molecule has 0 nitrogen and oxygen atoms in total. The van der Waals surface area contributed by atoms with Crippen molar-refractivity contribution < 1.29 is 0 Å². The molecule has 1 rings (SSSR count). The molecule has 0 spiro atoms. The van der Waals surface area contributed by atoms with Gasteiger partial charge < -0.3 is 0 Å². The van der Waals surface area contributed by atoms with Gasteiger partial charge in [0, 0.05) is 0 Å². The van der Waals surface area contributed by atoms with Gasteiger partial charge in [-0.15, -0.1) is 0 Å². The third kappa shape index (κ3) is 3.41. The van der Waals surface area contributed by atoms with Crippen molar-refractivity contribution >= 4 is 0 Å². The summed E-state index contributed by atoms with van der Waals surface area (Å²) in [6, 6.07) is 0. The molecule has 0 unspecified atom stereocenters. The van der Waals surface area contributed by atoms with Crippen LogP contribution in [0.1, 0.15) is 45.4 Å². The van der Waals surface area contributed by atoms with Crippen molar-refractivity contribution in [2.45, 2.75) is 45.4 Å². The van der Waals surface area contributed by atoms with Gasteiger partial charge in [-0.1, -0.05) is 37.1 Å². The second-order valence-corrected chi connectivity index (χ2v) is 3.19. The molecule has 0 aliphatic heterocycles. The highest BCUT2D eigenvalue weighted by Gasteiger charge is 1.97. The van der Waals surface area contributed by atoms with Crippen molar-refractivity contribution in [3.63, 3.8) is 0 Å². The lowest BCUT2D eigenvalue weighted by atomic mass is 10.1. The maximum atomic E-state index is 2.40. The monoisotopic (exact) mass is 150 g/mol. The maximum absolute atomic E-state index is 2.40. The molecule has 0 radical (unpaired) electrons. The van der Waals surface area contributed by atoms with Gasteiger partial charge in [0.15, 0.2) is 0 Å².